The molecular weight excluding hydrogens is 258 g/mol. The largest absolute Gasteiger partial charge is 0.304 e. The van der Waals surface area contributed by atoms with Gasteiger partial charge in [-0.1, -0.05) is 48.5 Å². The SMILES string of the molecule is CCn1nc(CN[C@H](C)c2ccccc2)c2ccccc21. The van der Waals surface area contributed by atoms with E-state index in [0.29, 0.717) is 6.04 Å². The maximum Gasteiger partial charge on any atom is 0.0841 e. The van der Waals surface area contributed by atoms with Gasteiger partial charge in [0.2, 0.25) is 0 Å². The van der Waals surface area contributed by atoms with E-state index >= 15 is 0 Å². The van der Waals surface area contributed by atoms with Crippen LogP contribution in [0.25, 0.3) is 10.9 Å². The third kappa shape index (κ3) is 2.83. The number of nitrogens with zero attached hydrogens (tertiary/aromatic N) is 2. The molecule has 0 saturated carbocycles. The summed E-state index contributed by atoms with van der Waals surface area (Å²) in [7, 11) is 0. The fourth-order valence-electron chi connectivity index (χ4n) is 2.68. The second-order valence-electron chi connectivity index (χ2n) is 5.29. The van der Waals surface area contributed by atoms with E-state index < -0.39 is 0 Å². The molecule has 3 aromatic rings. The van der Waals surface area contributed by atoms with Crippen molar-refractivity contribution >= 4 is 10.9 Å². The first kappa shape index (κ1) is 13.8. The standard InChI is InChI=1S/C18H21N3/c1-3-21-18-12-8-7-11-16(18)17(20-21)13-19-14(2)15-9-5-4-6-10-15/h4-12,14,19H,3,13H2,1-2H3/t14-/m1/s1. The number of aryl methyl sites for hydroxylation is 1. The maximum absolute atomic E-state index is 4.73. The summed E-state index contributed by atoms with van der Waals surface area (Å²) in [5.41, 5.74) is 3.64. The van der Waals surface area contributed by atoms with E-state index in [1.807, 2.05) is 6.07 Å². The average Bonchev–Trinajstić information content (AvgIpc) is 2.91. The molecule has 0 aliphatic heterocycles. The molecule has 0 spiro atoms. The Hall–Kier alpha value is -2.13. The monoisotopic (exact) mass is 279 g/mol. The van der Waals surface area contributed by atoms with Gasteiger partial charge in [-0.25, -0.2) is 0 Å². The van der Waals surface area contributed by atoms with Crippen LogP contribution in [0.1, 0.15) is 31.1 Å². The molecule has 108 valence electrons. The molecule has 0 amide bonds. The van der Waals surface area contributed by atoms with Gasteiger partial charge in [0.05, 0.1) is 11.2 Å². The summed E-state index contributed by atoms with van der Waals surface area (Å²) >= 11 is 0. The molecule has 1 N–H and O–H groups in total. The van der Waals surface area contributed by atoms with Crippen LogP contribution < -0.4 is 5.32 Å². The fourth-order valence-corrected chi connectivity index (χ4v) is 2.68. The number of hydrogen-bond acceptors (Lipinski definition) is 2. The Labute approximate surface area is 125 Å². The summed E-state index contributed by atoms with van der Waals surface area (Å²) in [5, 5.41) is 9.54. The van der Waals surface area contributed by atoms with Crippen LogP contribution >= 0.6 is 0 Å². The minimum atomic E-state index is 0.316. The summed E-state index contributed by atoms with van der Waals surface area (Å²) in [6.07, 6.45) is 0. The smallest absolute Gasteiger partial charge is 0.0841 e. The van der Waals surface area contributed by atoms with E-state index in [2.05, 4.69) is 72.4 Å². The first-order valence-corrected chi connectivity index (χ1v) is 7.52. The van der Waals surface area contributed by atoms with Crippen molar-refractivity contribution in [3.05, 3.63) is 65.9 Å². The van der Waals surface area contributed by atoms with Crippen molar-refractivity contribution in [2.75, 3.05) is 0 Å². The van der Waals surface area contributed by atoms with Gasteiger partial charge in [0.15, 0.2) is 0 Å². The molecule has 3 heteroatoms. The number of fused-ring (bicyclic) bond motifs is 1. The van der Waals surface area contributed by atoms with Crippen LogP contribution in [-0.4, -0.2) is 9.78 Å². The van der Waals surface area contributed by atoms with Crippen molar-refractivity contribution in [3.63, 3.8) is 0 Å². The summed E-state index contributed by atoms with van der Waals surface area (Å²) < 4.78 is 2.07. The van der Waals surface area contributed by atoms with Gasteiger partial charge < -0.3 is 5.32 Å². The van der Waals surface area contributed by atoms with Crippen LogP contribution in [-0.2, 0) is 13.1 Å². The zero-order valence-corrected chi connectivity index (χ0v) is 12.6. The van der Waals surface area contributed by atoms with Crippen LogP contribution in [0.4, 0.5) is 0 Å². The molecule has 2 aromatic carbocycles. The van der Waals surface area contributed by atoms with E-state index in [-0.39, 0.29) is 0 Å². The topological polar surface area (TPSA) is 29.9 Å². The Morgan fingerprint density at radius 2 is 1.76 bits per heavy atom. The Bertz CT molecular complexity index is 716. The highest BCUT2D eigenvalue weighted by atomic mass is 15.3. The van der Waals surface area contributed by atoms with E-state index in [1.54, 1.807) is 0 Å². The molecule has 1 atom stereocenters. The van der Waals surface area contributed by atoms with Crippen LogP contribution in [0.15, 0.2) is 54.6 Å². The van der Waals surface area contributed by atoms with E-state index in [4.69, 9.17) is 5.10 Å². The zero-order chi connectivity index (χ0) is 14.7. The second kappa shape index (κ2) is 6.10. The number of para-hydroxylation sites is 1. The van der Waals surface area contributed by atoms with Gasteiger partial charge in [-0.05, 0) is 25.5 Å². The summed E-state index contributed by atoms with van der Waals surface area (Å²) in [5.74, 6) is 0. The molecule has 0 aliphatic rings. The molecule has 1 heterocycles. The third-order valence-corrected chi connectivity index (χ3v) is 3.91. The van der Waals surface area contributed by atoms with Gasteiger partial charge in [0.25, 0.3) is 0 Å². The van der Waals surface area contributed by atoms with Crippen molar-refractivity contribution in [2.24, 2.45) is 0 Å². The highest BCUT2D eigenvalue weighted by molar-refractivity contribution is 5.81. The lowest BCUT2D eigenvalue weighted by Gasteiger charge is -2.13. The third-order valence-electron chi connectivity index (χ3n) is 3.91. The molecule has 0 aliphatic carbocycles. The number of benzene rings is 2. The Kier molecular flexibility index (Phi) is 4.02. The number of aromatic nitrogens is 2. The number of hydrogen-bond donors (Lipinski definition) is 1. The van der Waals surface area contributed by atoms with Gasteiger partial charge in [0.1, 0.15) is 0 Å². The molecule has 0 bridgehead atoms. The molecule has 3 rings (SSSR count). The number of rotatable bonds is 5. The minimum Gasteiger partial charge on any atom is -0.304 e. The average molecular weight is 279 g/mol. The maximum atomic E-state index is 4.73. The summed E-state index contributed by atoms with van der Waals surface area (Å²) in [4.78, 5) is 0. The molecule has 1 aromatic heterocycles. The molecule has 3 nitrogen and oxygen atoms in total. The predicted octanol–water partition coefficient (Wildman–Crippen LogP) is 3.91. The highest BCUT2D eigenvalue weighted by Crippen LogP contribution is 2.19. The molecule has 0 saturated heterocycles. The van der Waals surface area contributed by atoms with Crippen molar-refractivity contribution in [3.8, 4) is 0 Å². The van der Waals surface area contributed by atoms with Gasteiger partial charge in [0, 0.05) is 24.5 Å². The summed E-state index contributed by atoms with van der Waals surface area (Å²) in [6.45, 7) is 6.00. The fraction of sp³-hybridized carbons (Fsp3) is 0.278. The van der Waals surface area contributed by atoms with Gasteiger partial charge in [-0.3, -0.25) is 4.68 Å². The van der Waals surface area contributed by atoms with E-state index in [0.717, 1.165) is 18.8 Å². The van der Waals surface area contributed by atoms with Gasteiger partial charge in [-0.2, -0.15) is 5.10 Å². The van der Waals surface area contributed by atoms with Crippen LogP contribution in [0.3, 0.4) is 0 Å². The lowest BCUT2D eigenvalue weighted by Crippen LogP contribution is -2.18. The number of nitrogens with one attached hydrogen (secondary N) is 1. The van der Waals surface area contributed by atoms with Crippen molar-refractivity contribution < 1.29 is 0 Å². The molecule has 0 radical (unpaired) electrons. The van der Waals surface area contributed by atoms with E-state index in [9.17, 15) is 0 Å². The highest BCUT2D eigenvalue weighted by Gasteiger charge is 2.10. The quantitative estimate of drug-likeness (QED) is 0.767. The van der Waals surface area contributed by atoms with Crippen molar-refractivity contribution in [1.82, 2.24) is 15.1 Å². The van der Waals surface area contributed by atoms with Gasteiger partial charge >= 0.3 is 0 Å². The molecule has 0 unspecified atom stereocenters. The molecule has 21 heavy (non-hydrogen) atoms. The Morgan fingerprint density at radius 1 is 1.05 bits per heavy atom. The lowest BCUT2D eigenvalue weighted by atomic mass is 10.1. The first-order valence-electron chi connectivity index (χ1n) is 7.52. The van der Waals surface area contributed by atoms with Crippen molar-refractivity contribution in [1.29, 1.82) is 0 Å². The summed E-state index contributed by atoms with van der Waals surface area (Å²) in [6, 6.07) is 19.3. The zero-order valence-electron chi connectivity index (χ0n) is 12.6. The first-order chi connectivity index (χ1) is 10.3. The van der Waals surface area contributed by atoms with Crippen molar-refractivity contribution in [2.45, 2.75) is 33.0 Å². The lowest BCUT2D eigenvalue weighted by molar-refractivity contribution is 0.558. The Balaban J connectivity index is 1.79. The Morgan fingerprint density at radius 3 is 2.52 bits per heavy atom. The van der Waals surface area contributed by atoms with Crippen LogP contribution in [0, 0.1) is 0 Å². The molecule has 0 fully saturated rings. The minimum absolute atomic E-state index is 0.316. The molecular formula is C18H21N3. The predicted molar refractivity (Wildman–Crippen MR) is 87.1 cm³/mol. The van der Waals surface area contributed by atoms with Crippen LogP contribution in [0.5, 0.6) is 0 Å². The van der Waals surface area contributed by atoms with Crippen LogP contribution in [0.2, 0.25) is 0 Å². The second-order valence-corrected chi connectivity index (χ2v) is 5.29. The van der Waals surface area contributed by atoms with Gasteiger partial charge in [-0.15, -0.1) is 0 Å². The normalized spacial score (nSPS) is 12.7. The van der Waals surface area contributed by atoms with E-state index in [1.165, 1.54) is 16.5 Å².